The van der Waals surface area contributed by atoms with Gasteiger partial charge in [0.25, 0.3) is 0 Å². The molecule has 0 fully saturated rings. The van der Waals surface area contributed by atoms with Crippen molar-refractivity contribution in [1.29, 1.82) is 0 Å². The van der Waals surface area contributed by atoms with Gasteiger partial charge in [-0.15, -0.1) is 0 Å². The van der Waals surface area contributed by atoms with E-state index in [1.54, 1.807) is 27.7 Å². The maximum Gasteiger partial charge on any atom is 0.313 e. The average molecular weight is 202 g/mol. The quantitative estimate of drug-likeness (QED) is 0.531. The van der Waals surface area contributed by atoms with E-state index in [0.717, 1.165) is 0 Å². The topological polar surface area (TPSA) is 63.6 Å². The van der Waals surface area contributed by atoms with E-state index in [-0.39, 0.29) is 18.8 Å². The molecule has 0 bridgehead atoms. The maximum atomic E-state index is 11.4. The predicted octanol–water partition coefficient (Wildman–Crippen LogP) is 0.916. The monoisotopic (exact) mass is 202 g/mol. The molecule has 0 saturated carbocycles. The van der Waals surface area contributed by atoms with Crippen LogP contribution in [0.2, 0.25) is 0 Å². The highest BCUT2D eigenvalue weighted by molar-refractivity contribution is 5.97. The van der Waals surface area contributed by atoms with Gasteiger partial charge in [0, 0.05) is 5.92 Å². The van der Waals surface area contributed by atoms with Crippen molar-refractivity contribution in [2.24, 2.45) is 5.92 Å². The first-order chi connectivity index (χ1) is 6.29. The average Bonchev–Trinajstić information content (AvgIpc) is 2.01. The van der Waals surface area contributed by atoms with Crippen molar-refractivity contribution in [2.45, 2.75) is 39.7 Å². The Hall–Kier alpha value is -0.900. The van der Waals surface area contributed by atoms with Crippen molar-refractivity contribution in [2.75, 3.05) is 6.61 Å². The molecular weight excluding hydrogens is 184 g/mol. The number of carbonyl (C=O) groups excluding carboxylic acids is 2. The molecule has 1 N–H and O–H groups in total. The van der Waals surface area contributed by atoms with Crippen LogP contribution in [0.4, 0.5) is 0 Å². The number of esters is 1. The standard InChI is InChI=1S/C10H18O4/c1-5-14-9(12)6-8(11)7(2)10(3,4)13/h7,13H,5-6H2,1-4H3. The normalized spacial score (nSPS) is 13.5. The molecule has 0 aromatic carbocycles. The van der Waals surface area contributed by atoms with Gasteiger partial charge in [0.05, 0.1) is 12.2 Å². The molecule has 0 amide bonds. The number of carbonyl (C=O) groups is 2. The van der Waals surface area contributed by atoms with Gasteiger partial charge in [-0.3, -0.25) is 9.59 Å². The van der Waals surface area contributed by atoms with Gasteiger partial charge in [-0.25, -0.2) is 0 Å². The molecule has 1 atom stereocenters. The Kier molecular flexibility index (Phi) is 4.77. The number of hydrogen-bond donors (Lipinski definition) is 1. The van der Waals surface area contributed by atoms with Crippen LogP contribution in [0, 0.1) is 5.92 Å². The third-order valence-corrected chi connectivity index (χ3v) is 2.17. The molecule has 0 aromatic rings. The first kappa shape index (κ1) is 13.1. The predicted molar refractivity (Wildman–Crippen MR) is 51.7 cm³/mol. The third kappa shape index (κ3) is 4.37. The second kappa shape index (κ2) is 5.10. The summed E-state index contributed by atoms with van der Waals surface area (Å²) in [5, 5.41) is 9.53. The van der Waals surface area contributed by atoms with Gasteiger partial charge < -0.3 is 9.84 Å². The summed E-state index contributed by atoms with van der Waals surface area (Å²) in [4.78, 5) is 22.4. The van der Waals surface area contributed by atoms with Crippen LogP contribution < -0.4 is 0 Å². The van der Waals surface area contributed by atoms with Crippen molar-refractivity contribution in [3.05, 3.63) is 0 Å². The molecule has 14 heavy (non-hydrogen) atoms. The van der Waals surface area contributed by atoms with Gasteiger partial charge in [-0.05, 0) is 20.8 Å². The molecule has 0 aromatic heterocycles. The lowest BCUT2D eigenvalue weighted by atomic mass is 9.88. The summed E-state index contributed by atoms with van der Waals surface area (Å²) >= 11 is 0. The largest absolute Gasteiger partial charge is 0.466 e. The number of ether oxygens (including phenoxy) is 1. The maximum absolute atomic E-state index is 11.4. The fourth-order valence-electron chi connectivity index (χ4n) is 0.901. The number of hydrogen-bond acceptors (Lipinski definition) is 4. The van der Waals surface area contributed by atoms with Crippen molar-refractivity contribution in [3.63, 3.8) is 0 Å². The van der Waals surface area contributed by atoms with Gasteiger partial charge in [0.15, 0.2) is 0 Å². The minimum atomic E-state index is -1.09. The van der Waals surface area contributed by atoms with E-state index < -0.39 is 17.5 Å². The number of aliphatic hydroxyl groups is 1. The summed E-state index contributed by atoms with van der Waals surface area (Å²) in [5.41, 5.74) is -1.09. The molecule has 0 aliphatic carbocycles. The van der Waals surface area contributed by atoms with Crippen LogP contribution in [0.15, 0.2) is 0 Å². The summed E-state index contributed by atoms with van der Waals surface area (Å²) in [6.45, 7) is 6.63. The Morgan fingerprint density at radius 3 is 2.29 bits per heavy atom. The highest BCUT2D eigenvalue weighted by atomic mass is 16.5. The molecule has 0 heterocycles. The molecule has 0 aliphatic heterocycles. The van der Waals surface area contributed by atoms with Crippen LogP contribution in [-0.4, -0.2) is 29.1 Å². The van der Waals surface area contributed by atoms with Gasteiger partial charge in [0.1, 0.15) is 12.2 Å². The van der Waals surface area contributed by atoms with E-state index in [2.05, 4.69) is 4.74 Å². The molecular formula is C10H18O4. The Balaban J connectivity index is 4.15. The van der Waals surface area contributed by atoms with Crippen LogP contribution in [0.1, 0.15) is 34.1 Å². The van der Waals surface area contributed by atoms with E-state index in [9.17, 15) is 14.7 Å². The van der Waals surface area contributed by atoms with E-state index >= 15 is 0 Å². The van der Waals surface area contributed by atoms with Crippen LogP contribution >= 0.6 is 0 Å². The molecule has 0 aliphatic rings. The summed E-state index contributed by atoms with van der Waals surface area (Å²) < 4.78 is 4.63. The Bertz CT molecular complexity index is 215. The lowest BCUT2D eigenvalue weighted by Gasteiger charge is -2.24. The van der Waals surface area contributed by atoms with Gasteiger partial charge in [-0.1, -0.05) is 6.92 Å². The molecule has 0 rings (SSSR count). The lowest BCUT2D eigenvalue weighted by molar-refractivity contribution is -0.147. The van der Waals surface area contributed by atoms with Gasteiger partial charge >= 0.3 is 5.97 Å². The van der Waals surface area contributed by atoms with Gasteiger partial charge in [0.2, 0.25) is 0 Å². The number of Topliss-reactive ketones (excluding diaryl/α,β-unsaturated/α-hetero) is 1. The first-order valence-corrected chi connectivity index (χ1v) is 4.69. The van der Waals surface area contributed by atoms with Crippen molar-refractivity contribution >= 4 is 11.8 Å². The van der Waals surface area contributed by atoms with Crippen LogP contribution in [0.3, 0.4) is 0 Å². The minimum Gasteiger partial charge on any atom is -0.466 e. The SMILES string of the molecule is CCOC(=O)CC(=O)C(C)C(C)(C)O. The minimum absolute atomic E-state index is 0.265. The highest BCUT2D eigenvalue weighted by Gasteiger charge is 2.29. The second-order valence-corrected chi connectivity index (χ2v) is 3.82. The third-order valence-electron chi connectivity index (χ3n) is 2.17. The van der Waals surface area contributed by atoms with Crippen LogP contribution in [0.25, 0.3) is 0 Å². The zero-order chi connectivity index (χ0) is 11.4. The summed E-state index contributed by atoms with van der Waals surface area (Å²) in [6, 6.07) is 0. The Morgan fingerprint density at radius 1 is 1.43 bits per heavy atom. The zero-order valence-electron chi connectivity index (χ0n) is 9.16. The first-order valence-electron chi connectivity index (χ1n) is 4.69. The summed E-state index contributed by atoms with van der Waals surface area (Å²) in [6.07, 6.45) is -0.265. The molecule has 0 saturated heterocycles. The molecule has 4 nitrogen and oxygen atoms in total. The zero-order valence-corrected chi connectivity index (χ0v) is 9.16. The summed E-state index contributed by atoms with van der Waals surface area (Å²) in [7, 11) is 0. The number of ketones is 1. The molecule has 0 spiro atoms. The Morgan fingerprint density at radius 2 is 1.93 bits per heavy atom. The van der Waals surface area contributed by atoms with Crippen molar-refractivity contribution in [3.8, 4) is 0 Å². The van der Waals surface area contributed by atoms with E-state index in [0.29, 0.717) is 0 Å². The molecule has 82 valence electrons. The highest BCUT2D eigenvalue weighted by Crippen LogP contribution is 2.18. The van der Waals surface area contributed by atoms with Crippen LogP contribution in [0.5, 0.6) is 0 Å². The number of rotatable bonds is 5. The fourth-order valence-corrected chi connectivity index (χ4v) is 0.901. The Labute approximate surface area is 84.3 Å². The lowest BCUT2D eigenvalue weighted by Crippen LogP contribution is -2.35. The second-order valence-electron chi connectivity index (χ2n) is 3.82. The van der Waals surface area contributed by atoms with Gasteiger partial charge in [-0.2, -0.15) is 0 Å². The van der Waals surface area contributed by atoms with Crippen molar-refractivity contribution in [1.82, 2.24) is 0 Å². The van der Waals surface area contributed by atoms with E-state index in [1.807, 2.05) is 0 Å². The smallest absolute Gasteiger partial charge is 0.313 e. The van der Waals surface area contributed by atoms with Crippen LogP contribution in [-0.2, 0) is 14.3 Å². The molecule has 0 radical (unpaired) electrons. The molecule has 4 heteroatoms. The molecule has 1 unspecified atom stereocenters. The van der Waals surface area contributed by atoms with E-state index in [4.69, 9.17) is 0 Å². The summed E-state index contributed by atoms with van der Waals surface area (Å²) in [5.74, 6) is -1.39. The van der Waals surface area contributed by atoms with Crippen molar-refractivity contribution < 1.29 is 19.4 Å². The van der Waals surface area contributed by atoms with E-state index in [1.165, 1.54) is 0 Å². The fraction of sp³-hybridized carbons (Fsp3) is 0.800.